The smallest absolute Gasteiger partial charge is 0.249 e. The molecule has 0 aliphatic rings. The van der Waals surface area contributed by atoms with Gasteiger partial charge in [-0.05, 0) is 52.9 Å². The molecule has 0 saturated heterocycles. The highest BCUT2D eigenvalue weighted by Crippen LogP contribution is 2.35. The molecule has 28 heavy (non-hydrogen) atoms. The molecule has 0 atom stereocenters. The Morgan fingerprint density at radius 3 is 2.61 bits per heavy atom. The van der Waals surface area contributed by atoms with Crippen molar-refractivity contribution in [1.82, 2.24) is 4.57 Å². The lowest BCUT2D eigenvalue weighted by atomic mass is 10.0. The van der Waals surface area contributed by atoms with Crippen molar-refractivity contribution in [2.24, 2.45) is 5.73 Å². The Kier molecular flexibility index (Phi) is 3.99. The number of fused-ring (bicyclic) bond motifs is 3. The number of hydrogen-bond acceptors (Lipinski definition) is 2. The first-order chi connectivity index (χ1) is 13.7. The summed E-state index contributed by atoms with van der Waals surface area (Å²) in [5.74, 6) is -0.417. The predicted molar refractivity (Wildman–Crippen MR) is 116 cm³/mol. The van der Waals surface area contributed by atoms with Crippen molar-refractivity contribution in [3.8, 4) is 10.4 Å². The van der Waals surface area contributed by atoms with E-state index in [2.05, 4.69) is 46.3 Å². The number of hydrogen-bond donors (Lipinski definition) is 1. The zero-order valence-electron chi connectivity index (χ0n) is 15.1. The van der Waals surface area contributed by atoms with Crippen LogP contribution < -0.4 is 5.73 Å². The van der Waals surface area contributed by atoms with Crippen LogP contribution in [0.25, 0.3) is 32.2 Å². The van der Waals surface area contributed by atoms with Gasteiger partial charge in [0, 0.05) is 27.8 Å². The van der Waals surface area contributed by atoms with E-state index < -0.39 is 5.91 Å². The molecule has 5 aromatic rings. The SMILES string of the molecule is NC(=O)c1cccc2c1c1[c]cc(-c3cccs3)cc1n2Cc1ccccc1. The van der Waals surface area contributed by atoms with Crippen molar-refractivity contribution in [2.45, 2.75) is 6.54 Å². The predicted octanol–water partition coefficient (Wildman–Crippen LogP) is 5.47. The fraction of sp³-hybridized carbons (Fsp3) is 0.0417. The molecule has 2 heterocycles. The van der Waals surface area contributed by atoms with Gasteiger partial charge in [0.1, 0.15) is 0 Å². The van der Waals surface area contributed by atoms with Crippen LogP contribution in [0.5, 0.6) is 0 Å². The van der Waals surface area contributed by atoms with Crippen molar-refractivity contribution in [3.63, 3.8) is 0 Å². The molecule has 0 unspecified atom stereocenters. The fourth-order valence-corrected chi connectivity index (χ4v) is 4.50. The van der Waals surface area contributed by atoms with E-state index >= 15 is 0 Å². The molecule has 0 fully saturated rings. The van der Waals surface area contributed by atoms with Crippen molar-refractivity contribution in [1.29, 1.82) is 0 Å². The number of benzene rings is 3. The Labute approximate surface area is 166 Å². The molecule has 0 bridgehead atoms. The molecule has 0 aliphatic heterocycles. The minimum Gasteiger partial charge on any atom is -0.366 e. The zero-order chi connectivity index (χ0) is 19.1. The lowest BCUT2D eigenvalue weighted by Crippen LogP contribution is -2.11. The molecule has 135 valence electrons. The first kappa shape index (κ1) is 16.8. The number of nitrogens with two attached hydrogens (primary N) is 1. The number of primary amides is 1. The van der Waals surface area contributed by atoms with Crippen LogP contribution in [-0.2, 0) is 6.54 Å². The standard InChI is InChI=1S/C24H17N2OS/c25-24(27)19-8-4-9-20-23(19)18-12-11-17(22-10-5-13-28-22)14-21(18)26(20)15-16-6-2-1-3-7-16/h1-11,13-14H,15H2,(H2,25,27). The summed E-state index contributed by atoms with van der Waals surface area (Å²) in [4.78, 5) is 13.3. The van der Waals surface area contributed by atoms with Crippen LogP contribution in [0.3, 0.4) is 0 Å². The summed E-state index contributed by atoms with van der Waals surface area (Å²) in [7, 11) is 0. The molecular weight excluding hydrogens is 364 g/mol. The number of aromatic nitrogens is 1. The molecule has 2 aromatic heterocycles. The summed E-state index contributed by atoms with van der Waals surface area (Å²) in [6, 6.07) is 27.8. The van der Waals surface area contributed by atoms with Crippen molar-refractivity contribution < 1.29 is 4.79 Å². The topological polar surface area (TPSA) is 48.0 Å². The molecule has 1 amide bonds. The van der Waals surface area contributed by atoms with Crippen molar-refractivity contribution in [2.75, 3.05) is 0 Å². The normalized spacial score (nSPS) is 11.3. The average Bonchev–Trinajstić information content (AvgIpc) is 3.36. The second-order valence-corrected chi connectivity index (χ2v) is 7.71. The number of carbonyl (C=O) groups excluding carboxylic acids is 1. The lowest BCUT2D eigenvalue weighted by Gasteiger charge is -2.09. The van der Waals surface area contributed by atoms with E-state index in [1.54, 1.807) is 17.4 Å². The first-order valence-electron chi connectivity index (χ1n) is 9.06. The van der Waals surface area contributed by atoms with Crippen LogP contribution in [0.2, 0.25) is 0 Å². The number of rotatable bonds is 4. The molecule has 0 spiro atoms. The van der Waals surface area contributed by atoms with E-state index in [0.717, 1.165) is 27.4 Å². The second-order valence-electron chi connectivity index (χ2n) is 6.76. The largest absolute Gasteiger partial charge is 0.366 e. The van der Waals surface area contributed by atoms with Crippen LogP contribution in [-0.4, -0.2) is 10.5 Å². The molecule has 4 heteroatoms. The fourth-order valence-electron chi connectivity index (χ4n) is 3.78. The first-order valence-corrected chi connectivity index (χ1v) is 9.94. The van der Waals surface area contributed by atoms with E-state index in [1.165, 1.54) is 10.4 Å². The van der Waals surface area contributed by atoms with Crippen molar-refractivity contribution in [3.05, 3.63) is 95.4 Å². The van der Waals surface area contributed by atoms with Gasteiger partial charge < -0.3 is 10.3 Å². The highest BCUT2D eigenvalue weighted by Gasteiger charge is 2.17. The number of nitrogens with zero attached hydrogens (tertiary/aromatic N) is 1. The molecule has 0 saturated carbocycles. The Morgan fingerprint density at radius 1 is 1.00 bits per heavy atom. The van der Waals surface area contributed by atoms with E-state index in [1.807, 2.05) is 36.4 Å². The van der Waals surface area contributed by atoms with Gasteiger partial charge in [-0.25, -0.2) is 0 Å². The van der Waals surface area contributed by atoms with E-state index in [-0.39, 0.29) is 0 Å². The highest BCUT2D eigenvalue weighted by atomic mass is 32.1. The van der Waals surface area contributed by atoms with Crippen LogP contribution in [0.1, 0.15) is 15.9 Å². The van der Waals surface area contributed by atoms with E-state index in [9.17, 15) is 4.79 Å². The van der Waals surface area contributed by atoms with E-state index in [4.69, 9.17) is 5.73 Å². The van der Waals surface area contributed by atoms with Gasteiger partial charge in [-0.2, -0.15) is 0 Å². The minimum atomic E-state index is -0.417. The van der Waals surface area contributed by atoms with Gasteiger partial charge in [-0.3, -0.25) is 4.79 Å². The van der Waals surface area contributed by atoms with E-state index in [0.29, 0.717) is 12.1 Å². The van der Waals surface area contributed by atoms with Gasteiger partial charge in [0.05, 0.1) is 11.0 Å². The van der Waals surface area contributed by atoms with Gasteiger partial charge in [0.2, 0.25) is 5.91 Å². The van der Waals surface area contributed by atoms with Crippen LogP contribution in [0.4, 0.5) is 0 Å². The molecule has 3 nitrogen and oxygen atoms in total. The highest BCUT2D eigenvalue weighted by molar-refractivity contribution is 7.13. The molecule has 2 N–H and O–H groups in total. The number of carbonyl (C=O) groups is 1. The quantitative estimate of drug-likeness (QED) is 0.441. The maximum absolute atomic E-state index is 12.1. The van der Waals surface area contributed by atoms with Crippen LogP contribution in [0.15, 0.2) is 78.2 Å². The Bertz CT molecular complexity index is 1300. The Morgan fingerprint density at radius 2 is 1.86 bits per heavy atom. The maximum atomic E-state index is 12.1. The van der Waals surface area contributed by atoms with Gasteiger partial charge >= 0.3 is 0 Å². The third-order valence-electron chi connectivity index (χ3n) is 5.05. The molecule has 1 radical (unpaired) electrons. The number of thiophene rings is 1. The molecule has 3 aromatic carbocycles. The van der Waals surface area contributed by atoms with Gasteiger partial charge in [0.15, 0.2) is 0 Å². The lowest BCUT2D eigenvalue weighted by molar-refractivity contribution is 0.100. The summed E-state index contributed by atoms with van der Waals surface area (Å²) in [5, 5.41) is 3.88. The van der Waals surface area contributed by atoms with Gasteiger partial charge in [-0.15, -0.1) is 11.3 Å². The van der Waals surface area contributed by atoms with Crippen LogP contribution >= 0.6 is 11.3 Å². The summed E-state index contributed by atoms with van der Waals surface area (Å²) in [6.45, 7) is 0.713. The molecular formula is C24H17N2OS. The Balaban J connectivity index is 1.83. The maximum Gasteiger partial charge on any atom is 0.249 e. The number of amides is 1. The monoisotopic (exact) mass is 381 g/mol. The summed E-state index contributed by atoms with van der Waals surface area (Å²) < 4.78 is 2.25. The van der Waals surface area contributed by atoms with Gasteiger partial charge in [-0.1, -0.05) is 42.5 Å². The minimum absolute atomic E-state index is 0.417. The third-order valence-corrected chi connectivity index (χ3v) is 5.97. The molecule has 0 aliphatic carbocycles. The van der Waals surface area contributed by atoms with Crippen molar-refractivity contribution >= 4 is 39.0 Å². The Hall–Kier alpha value is -3.37. The third kappa shape index (κ3) is 2.70. The second kappa shape index (κ2) is 6.66. The zero-order valence-corrected chi connectivity index (χ0v) is 15.9. The summed E-state index contributed by atoms with van der Waals surface area (Å²) >= 11 is 1.71. The summed E-state index contributed by atoms with van der Waals surface area (Å²) in [5.41, 5.74) is 10.6. The van der Waals surface area contributed by atoms with Gasteiger partial charge in [0.25, 0.3) is 0 Å². The van der Waals surface area contributed by atoms with Crippen LogP contribution in [0, 0.1) is 6.07 Å². The average molecular weight is 381 g/mol. The molecule has 5 rings (SSSR count). The summed E-state index contributed by atoms with van der Waals surface area (Å²) in [6.07, 6.45) is 0.